The van der Waals surface area contributed by atoms with Crippen LogP contribution in [0.3, 0.4) is 0 Å². The van der Waals surface area contributed by atoms with Gasteiger partial charge in [-0.25, -0.2) is 4.79 Å². The standard InChI is InChI=1S/C11H9N3O2/c1-7-3-8(6-12)5-9(4-7)10-13-14(2)11(15)16-10/h3-5H,1-2H3. The zero-order valence-electron chi connectivity index (χ0n) is 8.89. The third-order valence-corrected chi connectivity index (χ3v) is 2.14. The van der Waals surface area contributed by atoms with Crippen LogP contribution in [0.15, 0.2) is 27.4 Å². The number of nitriles is 1. The van der Waals surface area contributed by atoms with Crippen molar-refractivity contribution in [2.24, 2.45) is 7.05 Å². The molecule has 0 atom stereocenters. The van der Waals surface area contributed by atoms with Crippen LogP contribution >= 0.6 is 0 Å². The fourth-order valence-electron chi connectivity index (χ4n) is 1.43. The minimum absolute atomic E-state index is 0.229. The van der Waals surface area contributed by atoms with E-state index < -0.39 is 5.76 Å². The van der Waals surface area contributed by atoms with Gasteiger partial charge in [-0.05, 0) is 30.7 Å². The summed E-state index contributed by atoms with van der Waals surface area (Å²) in [6.07, 6.45) is 0. The number of aryl methyl sites for hydroxylation is 2. The van der Waals surface area contributed by atoms with Gasteiger partial charge in [0.2, 0.25) is 5.89 Å². The molecule has 1 heterocycles. The van der Waals surface area contributed by atoms with Crippen molar-refractivity contribution in [2.75, 3.05) is 0 Å². The molecule has 0 aliphatic carbocycles. The Bertz CT molecular complexity index is 631. The number of nitrogens with zero attached hydrogens (tertiary/aromatic N) is 3. The minimum Gasteiger partial charge on any atom is -0.388 e. The van der Waals surface area contributed by atoms with Gasteiger partial charge in [0.15, 0.2) is 0 Å². The fourth-order valence-corrected chi connectivity index (χ4v) is 1.43. The van der Waals surface area contributed by atoms with E-state index in [0.717, 1.165) is 10.2 Å². The molecule has 0 bridgehead atoms. The van der Waals surface area contributed by atoms with Crippen LogP contribution in [0, 0.1) is 18.3 Å². The quantitative estimate of drug-likeness (QED) is 0.717. The molecule has 2 aromatic rings. The van der Waals surface area contributed by atoms with Crippen molar-refractivity contribution in [1.29, 1.82) is 5.26 Å². The first-order valence-corrected chi connectivity index (χ1v) is 4.66. The largest absolute Gasteiger partial charge is 0.437 e. The maximum Gasteiger partial charge on any atom is 0.437 e. The van der Waals surface area contributed by atoms with E-state index in [2.05, 4.69) is 5.10 Å². The van der Waals surface area contributed by atoms with Gasteiger partial charge in [0.05, 0.1) is 11.6 Å². The van der Waals surface area contributed by atoms with Gasteiger partial charge in [-0.3, -0.25) is 0 Å². The Labute approximate surface area is 91.5 Å². The molecular weight excluding hydrogens is 206 g/mol. The van der Waals surface area contributed by atoms with Crippen LogP contribution in [0.2, 0.25) is 0 Å². The Morgan fingerprint density at radius 2 is 2.19 bits per heavy atom. The molecule has 5 heteroatoms. The summed E-state index contributed by atoms with van der Waals surface area (Å²) >= 11 is 0. The van der Waals surface area contributed by atoms with E-state index in [1.54, 1.807) is 12.1 Å². The van der Waals surface area contributed by atoms with Crippen LogP contribution in [0.25, 0.3) is 11.5 Å². The molecule has 0 amide bonds. The molecule has 0 fully saturated rings. The summed E-state index contributed by atoms with van der Waals surface area (Å²) in [6, 6.07) is 7.25. The number of hydrogen-bond donors (Lipinski definition) is 0. The second-order valence-electron chi connectivity index (χ2n) is 3.50. The highest BCUT2D eigenvalue weighted by molar-refractivity contribution is 5.57. The average Bonchev–Trinajstić information content (AvgIpc) is 2.58. The third-order valence-electron chi connectivity index (χ3n) is 2.14. The van der Waals surface area contributed by atoms with Crippen molar-refractivity contribution < 1.29 is 4.42 Å². The number of benzene rings is 1. The highest BCUT2D eigenvalue weighted by Gasteiger charge is 2.09. The van der Waals surface area contributed by atoms with E-state index in [-0.39, 0.29) is 5.89 Å². The van der Waals surface area contributed by atoms with Gasteiger partial charge in [-0.1, -0.05) is 0 Å². The van der Waals surface area contributed by atoms with E-state index in [0.29, 0.717) is 11.1 Å². The van der Waals surface area contributed by atoms with Gasteiger partial charge in [0.1, 0.15) is 0 Å². The van der Waals surface area contributed by atoms with E-state index in [9.17, 15) is 4.79 Å². The van der Waals surface area contributed by atoms with Crippen molar-refractivity contribution >= 4 is 0 Å². The van der Waals surface area contributed by atoms with Crippen molar-refractivity contribution in [3.63, 3.8) is 0 Å². The van der Waals surface area contributed by atoms with Crippen LogP contribution in [-0.2, 0) is 7.05 Å². The maximum absolute atomic E-state index is 11.1. The van der Waals surface area contributed by atoms with Crippen molar-refractivity contribution in [1.82, 2.24) is 9.78 Å². The number of hydrogen-bond acceptors (Lipinski definition) is 4. The van der Waals surface area contributed by atoms with Crippen LogP contribution in [0.1, 0.15) is 11.1 Å². The lowest BCUT2D eigenvalue weighted by Gasteiger charge is -1.98. The Morgan fingerprint density at radius 1 is 1.44 bits per heavy atom. The van der Waals surface area contributed by atoms with Gasteiger partial charge in [0.25, 0.3) is 0 Å². The molecular formula is C11H9N3O2. The van der Waals surface area contributed by atoms with Crippen LogP contribution in [0.5, 0.6) is 0 Å². The molecule has 1 aromatic heterocycles. The summed E-state index contributed by atoms with van der Waals surface area (Å²) in [5, 5.41) is 12.8. The highest BCUT2D eigenvalue weighted by atomic mass is 16.4. The van der Waals surface area contributed by atoms with E-state index in [1.165, 1.54) is 7.05 Å². The molecule has 2 rings (SSSR count). The summed E-state index contributed by atoms with van der Waals surface area (Å²) in [7, 11) is 1.51. The van der Waals surface area contributed by atoms with E-state index in [4.69, 9.17) is 9.68 Å². The van der Waals surface area contributed by atoms with Crippen molar-refractivity contribution in [3.8, 4) is 17.5 Å². The fraction of sp³-hybridized carbons (Fsp3) is 0.182. The molecule has 0 N–H and O–H groups in total. The summed E-state index contributed by atoms with van der Waals surface area (Å²) in [4.78, 5) is 11.1. The second kappa shape index (κ2) is 3.66. The summed E-state index contributed by atoms with van der Waals surface area (Å²) in [5.41, 5.74) is 2.07. The molecule has 5 nitrogen and oxygen atoms in total. The van der Waals surface area contributed by atoms with Crippen LogP contribution < -0.4 is 5.76 Å². The van der Waals surface area contributed by atoms with E-state index >= 15 is 0 Å². The summed E-state index contributed by atoms with van der Waals surface area (Å²) < 4.78 is 6.06. The Hall–Kier alpha value is -2.35. The smallest absolute Gasteiger partial charge is 0.388 e. The molecule has 80 valence electrons. The predicted octanol–water partition coefficient (Wildman–Crippen LogP) is 1.22. The van der Waals surface area contributed by atoms with Gasteiger partial charge in [-0.15, -0.1) is 5.10 Å². The van der Waals surface area contributed by atoms with Crippen LogP contribution in [0.4, 0.5) is 0 Å². The van der Waals surface area contributed by atoms with Crippen molar-refractivity contribution in [3.05, 3.63) is 39.9 Å². The monoisotopic (exact) mass is 215 g/mol. The number of aromatic nitrogens is 2. The summed E-state index contributed by atoms with van der Waals surface area (Å²) in [5.74, 6) is -0.289. The molecule has 0 unspecified atom stereocenters. The predicted molar refractivity (Wildman–Crippen MR) is 56.6 cm³/mol. The molecule has 0 radical (unpaired) electrons. The van der Waals surface area contributed by atoms with Gasteiger partial charge < -0.3 is 4.42 Å². The van der Waals surface area contributed by atoms with E-state index in [1.807, 2.05) is 19.1 Å². The first-order chi connectivity index (χ1) is 7.60. The zero-order chi connectivity index (χ0) is 11.7. The first kappa shape index (κ1) is 10.2. The minimum atomic E-state index is -0.519. The molecule has 0 saturated carbocycles. The highest BCUT2D eigenvalue weighted by Crippen LogP contribution is 2.18. The molecule has 1 aromatic carbocycles. The Morgan fingerprint density at radius 3 is 2.75 bits per heavy atom. The third kappa shape index (κ3) is 1.73. The lowest BCUT2D eigenvalue weighted by atomic mass is 10.1. The Balaban J connectivity index is 2.60. The van der Waals surface area contributed by atoms with Gasteiger partial charge in [0, 0.05) is 12.6 Å². The number of rotatable bonds is 1. The maximum atomic E-state index is 11.1. The molecule has 0 saturated heterocycles. The molecule has 16 heavy (non-hydrogen) atoms. The zero-order valence-corrected chi connectivity index (χ0v) is 8.89. The molecule has 0 aliphatic rings. The van der Waals surface area contributed by atoms with Crippen LogP contribution in [-0.4, -0.2) is 9.78 Å². The Kier molecular flexibility index (Phi) is 2.33. The lowest BCUT2D eigenvalue weighted by molar-refractivity contribution is 0.505. The SMILES string of the molecule is Cc1cc(C#N)cc(-c2nn(C)c(=O)o2)c1. The normalized spacial score (nSPS) is 10.1. The summed E-state index contributed by atoms with van der Waals surface area (Å²) in [6.45, 7) is 1.87. The van der Waals surface area contributed by atoms with Gasteiger partial charge in [-0.2, -0.15) is 9.94 Å². The lowest BCUT2D eigenvalue weighted by Crippen LogP contribution is -2.09. The van der Waals surface area contributed by atoms with Crippen molar-refractivity contribution in [2.45, 2.75) is 6.92 Å². The molecule has 0 aliphatic heterocycles. The molecule has 0 spiro atoms. The second-order valence-corrected chi connectivity index (χ2v) is 3.50. The topological polar surface area (TPSA) is 71.8 Å². The first-order valence-electron chi connectivity index (χ1n) is 4.66. The average molecular weight is 215 g/mol. The van der Waals surface area contributed by atoms with Gasteiger partial charge >= 0.3 is 5.76 Å².